The minimum absolute atomic E-state index is 0.210. The topological polar surface area (TPSA) is 75.6 Å². The number of carbonyl (C=O) groups excluding carboxylic acids is 1. The first kappa shape index (κ1) is 20.8. The van der Waals surface area contributed by atoms with Crippen LogP contribution in [0.5, 0.6) is 0 Å². The molecule has 2 unspecified atom stereocenters. The van der Waals surface area contributed by atoms with E-state index in [9.17, 15) is 14.7 Å². The molecule has 2 N–H and O–H groups in total. The van der Waals surface area contributed by atoms with Crippen LogP contribution < -0.4 is 5.32 Å². The quantitative estimate of drug-likeness (QED) is 0.681. The molecule has 24 heavy (non-hydrogen) atoms. The zero-order valence-electron chi connectivity index (χ0n) is 14.3. The summed E-state index contributed by atoms with van der Waals surface area (Å²) in [5.41, 5.74) is -0.347. The van der Waals surface area contributed by atoms with E-state index in [-0.39, 0.29) is 24.5 Å². The molecule has 0 heterocycles. The van der Waals surface area contributed by atoms with E-state index in [2.05, 4.69) is 5.32 Å². The Bertz CT molecular complexity index is 574. The highest BCUT2D eigenvalue weighted by molar-refractivity contribution is 8.00. The number of ether oxygens (including phenoxy) is 1. The van der Waals surface area contributed by atoms with Gasteiger partial charge in [0.1, 0.15) is 6.04 Å². The van der Waals surface area contributed by atoms with Crippen LogP contribution in [0.25, 0.3) is 0 Å². The first-order valence-corrected chi connectivity index (χ1v) is 8.94. The monoisotopic (exact) mass is 373 g/mol. The van der Waals surface area contributed by atoms with Crippen LogP contribution in [-0.4, -0.2) is 40.5 Å². The van der Waals surface area contributed by atoms with Crippen LogP contribution in [0.4, 0.5) is 0 Å². The summed E-state index contributed by atoms with van der Waals surface area (Å²) in [5, 5.41) is 11.9. The van der Waals surface area contributed by atoms with Crippen molar-refractivity contribution in [3.8, 4) is 0 Å². The summed E-state index contributed by atoms with van der Waals surface area (Å²) in [6.07, 6.45) is 0.210. The summed E-state index contributed by atoms with van der Waals surface area (Å²) in [6, 6.07) is 6.24. The largest absolute Gasteiger partial charge is 0.480 e. The Balaban J connectivity index is 2.58. The average molecular weight is 374 g/mol. The fourth-order valence-corrected chi connectivity index (χ4v) is 2.98. The SMILES string of the molecule is CC(Sc1ccccc1Cl)C(=O)NC(CCOC(C)(C)C)C(=O)O. The molecular weight excluding hydrogens is 350 g/mol. The van der Waals surface area contributed by atoms with Crippen molar-refractivity contribution in [2.45, 2.75) is 55.9 Å². The second-order valence-electron chi connectivity index (χ2n) is 6.34. The number of carboxylic acids is 1. The van der Waals surface area contributed by atoms with Gasteiger partial charge in [-0.1, -0.05) is 23.7 Å². The molecule has 0 aliphatic heterocycles. The maximum atomic E-state index is 12.3. The van der Waals surface area contributed by atoms with Crippen molar-refractivity contribution < 1.29 is 19.4 Å². The summed E-state index contributed by atoms with van der Waals surface area (Å²) < 4.78 is 5.53. The van der Waals surface area contributed by atoms with Crippen LogP contribution in [0.15, 0.2) is 29.2 Å². The van der Waals surface area contributed by atoms with Crippen molar-refractivity contribution >= 4 is 35.2 Å². The van der Waals surface area contributed by atoms with Crippen LogP contribution in [-0.2, 0) is 14.3 Å². The third-order valence-electron chi connectivity index (χ3n) is 3.07. The Morgan fingerprint density at radius 3 is 2.50 bits per heavy atom. The Kier molecular flexibility index (Phi) is 8.06. The average Bonchev–Trinajstić information content (AvgIpc) is 2.47. The number of aliphatic carboxylic acids is 1. The molecule has 0 saturated heterocycles. The number of carboxylic acid groups (broad SMARTS) is 1. The first-order valence-electron chi connectivity index (χ1n) is 7.68. The highest BCUT2D eigenvalue weighted by Crippen LogP contribution is 2.30. The third-order valence-corrected chi connectivity index (χ3v) is 4.69. The van der Waals surface area contributed by atoms with Crippen molar-refractivity contribution in [3.63, 3.8) is 0 Å². The maximum Gasteiger partial charge on any atom is 0.326 e. The molecule has 0 radical (unpaired) electrons. The van der Waals surface area contributed by atoms with Gasteiger partial charge < -0.3 is 15.2 Å². The van der Waals surface area contributed by atoms with Gasteiger partial charge in [0.2, 0.25) is 5.91 Å². The minimum atomic E-state index is -1.07. The zero-order chi connectivity index (χ0) is 18.3. The lowest BCUT2D eigenvalue weighted by Crippen LogP contribution is -2.44. The van der Waals surface area contributed by atoms with Gasteiger partial charge >= 0.3 is 5.97 Å². The second kappa shape index (κ2) is 9.30. The van der Waals surface area contributed by atoms with E-state index in [0.717, 1.165) is 4.90 Å². The molecule has 0 fully saturated rings. The first-order chi connectivity index (χ1) is 11.1. The van der Waals surface area contributed by atoms with E-state index in [0.29, 0.717) is 5.02 Å². The summed E-state index contributed by atoms with van der Waals surface area (Å²) in [5.74, 6) is -1.42. The molecule has 1 aromatic carbocycles. The van der Waals surface area contributed by atoms with Gasteiger partial charge in [-0.2, -0.15) is 0 Å². The van der Waals surface area contributed by atoms with Gasteiger partial charge in [-0.05, 0) is 39.8 Å². The summed E-state index contributed by atoms with van der Waals surface area (Å²) >= 11 is 7.37. The Morgan fingerprint density at radius 1 is 1.33 bits per heavy atom. The fraction of sp³-hybridized carbons (Fsp3) is 0.529. The molecule has 0 saturated carbocycles. The van der Waals surface area contributed by atoms with Crippen molar-refractivity contribution in [2.75, 3.05) is 6.61 Å². The summed E-state index contributed by atoms with van der Waals surface area (Å²) in [4.78, 5) is 24.4. The van der Waals surface area contributed by atoms with Crippen molar-refractivity contribution in [2.24, 2.45) is 0 Å². The molecule has 0 bridgehead atoms. The molecule has 1 aromatic rings. The predicted octanol–water partition coefficient (Wildman–Crippen LogP) is 3.60. The number of amides is 1. The zero-order valence-corrected chi connectivity index (χ0v) is 15.9. The maximum absolute atomic E-state index is 12.3. The van der Waals surface area contributed by atoms with E-state index in [4.69, 9.17) is 16.3 Å². The van der Waals surface area contributed by atoms with Gasteiger partial charge in [-0.25, -0.2) is 4.79 Å². The van der Waals surface area contributed by atoms with Gasteiger partial charge in [0.15, 0.2) is 0 Å². The molecular formula is C17H24ClNO4S. The van der Waals surface area contributed by atoms with Crippen LogP contribution >= 0.6 is 23.4 Å². The Labute approximate surface area is 152 Å². The van der Waals surface area contributed by atoms with Gasteiger partial charge in [0, 0.05) is 17.9 Å². The molecule has 0 aromatic heterocycles. The lowest BCUT2D eigenvalue weighted by Gasteiger charge is -2.22. The lowest BCUT2D eigenvalue weighted by molar-refractivity contribution is -0.142. The van der Waals surface area contributed by atoms with E-state index in [1.165, 1.54) is 11.8 Å². The van der Waals surface area contributed by atoms with E-state index in [1.807, 2.05) is 39.0 Å². The Morgan fingerprint density at radius 2 is 1.96 bits per heavy atom. The smallest absolute Gasteiger partial charge is 0.326 e. The Hall–Kier alpha value is -1.24. The third kappa shape index (κ3) is 7.55. The molecule has 2 atom stereocenters. The van der Waals surface area contributed by atoms with Gasteiger partial charge in [0.25, 0.3) is 0 Å². The minimum Gasteiger partial charge on any atom is -0.480 e. The van der Waals surface area contributed by atoms with Gasteiger partial charge in [-0.3, -0.25) is 4.79 Å². The number of carbonyl (C=O) groups is 2. The predicted molar refractivity (Wildman–Crippen MR) is 96.7 cm³/mol. The molecule has 7 heteroatoms. The summed E-state index contributed by atoms with van der Waals surface area (Å²) in [7, 11) is 0. The second-order valence-corrected chi connectivity index (χ2v) is 8.13. The van der Waals surface area contributed by atoms with Crippen molar-refractivity contribution in [1.29, 1.82) is 0 Å². The summed E-state index contributed by atoms with van der Waals surface area (Å²) in [6.45, 7) is 7.65. The number of benzene rings is 1. The van der Waals surface area contributed by atoms with Crippen LogP contribution in [0.1, 0.15) is 34.1 Å². The molecule has 0 spiro atoms. The van der Waals surface area contributed by atoms with Gasteiger partial charge in [0.05, 0.1) is 15.9 Å². The van der Waals surface area contributed by atoms with E-state index in [1.54, 1.807) is 13.0 Å². The van der Waals surface area contributed by atoms with Crippen LogP contribution in [0.2, 0.25) is 5.02 Å². The molecule has 1 amide bonds. The van der Waals surface area contributed by atoms with Crippen LogP contribution in [0, 0.1) is 0 Å². The number of thioether (sulfide) groups is 1. The van der Waals surface area contributed by atoms with E-state index < -0.39 is 17.3 Å². The van der Waals surface area contributed by atoms with E-state index >= 15 is 0 Å². The van der Waals surface area contributed by atoms with Gasteiger partial charge in [-0.15, -0.1) is 11.8 Å². The van der Waals surface area contributed by atoms with Crippen molar-refractivity contribution in [3.05, 3.63) is 29.3 Å². The standard InChI is InChI=1S/C17H24ClNO4S/c1-11(24-14-8-6-5-7-12(14)18)15(20)19-13(16(21)22)9-10-23-17(2,3)4/h5-8,11,13H,9-10H2,1-4H3,(H,19,20)(H,21,22). The highest BCUT2D eigenvalue weighted by atomic mass is 35.5. The number of halogens is 1. The van der Waals surface area contributed by atoms with Crippen molar-refractivity contribution in [1.82, 2.24) is 5.32 Å². The highest BCUT2D eigenvalue weighted by Gasteiger charge is 2.24. The fourth-order valence-electron chi connectivity index (χ4n) is 1.81. The molecule has 5 nitrogen and oxygen atoms in total. The molecule has 0 aliphatic rings. The normalized spacial score (nSPS) is 14.0. The molecule has 0 aliphatic carbocycles. The molecule has 1 rings (SSSR count). The lowest BCUT2D eigenvalue weighted by atomic mass is 10.1. The van der Waals surface area contributed by atoms with Crippen LogP contribution in [0.3, 0.4) is 0 Å². The number of nitrogens with one attached hydrogen (secondary N) is 1. The number of hydrogen-bond donors (Lipinski definition) is 2. The number of rotatable bonds is 8. The molecule has 134 valence electrons. The number of hydrogen-bond acceptors (Lipinski definition) is 4.